The summed E-state index contributed by atoms with van der Waals surface area (Å²) in [6.45, 7) is 1.97. The smallest absolute Gasteiger partial charge is 0.409 e. The Labute approximate surface area is 113 Å². The molecule has 0 amide bonds. The maximum atomic E-state index is 12.4. The fourth-order valence-electron chi connectivity index (χ4n) is 1.30. The van der Waals surface area contributed by atoms with Crippen LogP contribution in [-0.4, -0.2) is 17.6 Å². The van der Waals surface area contributed by atoms with Gasteiger partial charge in [0.05, 0.1) is 16.3 Å². The molecule has 1 atom stereocenters. The molecule has 0 radical (unpaired) electrons. The third-order valence-corrected chi connectivity index (χ3v) is 2.83. The molecule has 0 fully saturated rings. The van der Waals surface area contributed by atoms with Gasteiger partial charge in [0, 0.05) is 12.5 Å². The lowest BCUT2D eigenvalue weighted by molar-refractivity contribution is -0.137. The van der Waals surface area contributed by atoms with E-state index >= 15 is 0 Å². The maximum Gasteiger partial charge on any atom is 0.416 e. The van der Waals surface area contributed by atoms with Gasteiger partial charge < -0.3 is 16.3 Å². The Morgan fingerprint density at radius 1 is 1.53 bits per heavy atom. The molecule has 0 heterocycles. The monoisotopic (exact) mass is 295 g/mol. The lowest BCUT2D eigenvalue weighted by atomic mass is 10.1. The summed E-state index contributed by atoms with van der Waals surface area (Å²) in [5, 5.41) is 14.1. The van der Waals surface area contributed by atoms with Crippen LogP contribution in [0, 0.1) is 5.92 Å². The molecular formula is C11H13ClF3N3O. The fourth-order valence-corrected chi connectivity index (χ4v) is 1.55. The summed E-state index contributed by atoms with van der Waals surface area (Å²) in [6.07, 6.45) is -4.43. The van der Waals surface area contributed by atoms with Gasteiger partial charge in [-0.3, -0.25) is 0 Å². The zero-order chi connectivity index (χ0) is 14.6. The average Bonchev–Trinajstić information content (AvgIpc) is 2.34. The summed E-state index contributed by atoms with van der Waals surface area (Å²) in [5.41, 5.74) is 4.92. The number of oxime groups is 1. The van der Waals surface area contributed by atoms with E-state index < -0.39 is 11.7 Å². The number of anilines is 1. The normalized spacial score (nSPS) is 14.3. The molecule has 106 valence electrons. The standard InChI is InChI=1S/C11H13ClF3N3O/c1-6(10(16)18-19)5-17-9-3-2-7(4-8(9)12)11(13,14)15/h2-4,6,17,19H,5H2,1H3,(H2,16,18). The zero-order valence-corrected chi connectivity index (χ0v) is 10.8. The van der Waals surface area contributed by atoms with Crippen molar-refractivity contribution in [2.75, 3.05) is 11.9 Å². The number of nitrogens with one attached hydrogen (secondary N) is 1. The fraction of sp³-hybridized carbons (Fsp3) is 0.364. The third kappa shape index (κ3) is 4.20. The number of nitrogens with two attached hydrogens (primary N) is 1. The minimum atomic E-state index is -4.43. The summed E-state index contributed by atoms with van der Waals surface area (Å²) < 4.78 is 37.3. The quantitative estimate of drug-likeness (QED) is 0.346. The summed E-state index contributed by atoms with van der Waals surface area (Å²) in [7, 11) is 0. The number of amidine groups is 1. The number of halogens is 4. The predicted molar refractivity (Wildman–Crippen MR) is 67.5 cm³/mol. The van der Waals surface area contributed by atoms with E-state index in [1.165, 1.54) is 6.07 Å². The van der Waals surface area contributed by atoms with Crippen LogP contribution >= 0.6 is 11.6 Å². The van der Waals surface area contributed by atoms with Crippen LogP contribution in [0.5, 0.6) is 0 Å². The Balaban J connectivity index is 2.76. The molecule has 0 saturated heterocycles. The molecule has 1 aromatic rings. The van der Waals surface area contributed by atoms with Crippen LogP contribution < -0.4 is 11.1 Å². The van der Waals surface area contributed by atoms with Gasteiger partial charge in [0.1, 0.15) is 5.84 Å². The second kappa shape index (κ2) is 6.01. The molecule has 0 saturated carbocycles. The van der Waals surface area contributed by atoms with E-state index in [0.717, 1.165) is 12.1 Å². The minimum Gasteiger partial charge on any atom is -0.409 e. The Kier molecular flexibility index (Phi) is 4.88. The molecule has 0 spiro atoms. The zero-order valence-electron chi connectivity index (χ0n) is 10.0. The molecule has 1 aromatic carbocycles. The SMILES string of the molecule is CC(CNc1ccc(C(F)(F)F)cc1Cl)C(N)=NO. The number of benzene rings is 1. The van der Waals surface area contributed by atoms with E-state index in [-0.39, 0.29) is 23.3 Å². The van der Waals surface area contributed by atoms with Gasteiger partial charge in [-0.05, 0) is 18.2 Å². The topological polar surface area (TPSA) is 70.6 Å². The van der Waals surface area contributed by atoms with E-state index in [1.54, 1.807) is 6.92 Å². The van der Waals surface area contributed by atoms with Gasteiger partial charge in [0.15, 0.2) is 0 Å². The van der Waals surface area contributed by atoms with E-state index in [2.05, 4.69) is 10.5 Å². The van der Waals surface area contributed by atoms with Gasteiger partial charge in [0.2, 0.25) is 0 Å². The molecule has 1 unspecified atom stereocenters. The van der Waals surface area contributed by atoms with Crippen molar-refractivity contribution < 1.29 is 18.4 Å². The van der Waals surface area contributed by atoms with E-state index in [0.29, 0.717) is 5.69 Å². The van der Waals surface area contributed by atoms with Crippen molar-refractivity contribution in [1.29, 1.82) is 0 Å². The first-order chi connectivity index (χ1) is 8.75. The van der Waals surface area contributed by atoms with Gasteiger partial charge >= 0.3 is 6.18 Å². The van der Waals surface area contributed by atoms with Crippen LogP contribution in [0.3, 0.4) is 0 Å². The van der Waals surface area contributed by atoms with Crippen LogP contribution in [0.1, 0.15) is 12.5 Å². The number of alkyl halides is 3. The van der Waals surface area contributed by atoms with E-state index in [9.17, 15) is 13.2 Å². The van der Waals surface area contributed by atoms with Crippen molar-refractivity contribution in [3.05, 3.63) is 28.8 Å². The Morgan fingerprint density at radius 2 is 2.16 bits per heavy atom. The van der Waals surface area contributed by atoms with Crippen LogP contribution in [0.4, 0.5) is 18.9 Å². The molecule has 4 nitrogen and oxygen atoms in total. The van der Waals surface area contributed by atoms with Crippen molar-refractivity contribution >= 4 is 23.1 Å². The van der Waals surface area contributed by atoms with Crippen LogP contribution in [-0.2, 0) is 6.18 Å². The summed E-state index contributed by atoms with van der Waals surface area (Å²) in [6, 6.07) is 3.02. The second-order valence-corrected chi connectivity index (χ2v) is 4.41. The van der Waals surface area contributed by atoms with E-state index in [1.807, 2.05) is 0 Å². The lowest BCUT2D eigenvalue weighted by Gasteiger charge is -2.14. The van der Waals surface area contributed by atoms with Gasteiger partial charge in [-0.15, -0.1) is 0 Å². The van der Waals surface area contributed by atoms with Gasteiger partial charge in [-0.1, -0.05) is 23.7 Å². The molecule has 0 bridgehead atoms. The number of rotatable bonds is 4. The molecule has 0 aliphatic carbocycles. The maximum absolute atomic E-state index is 12.4. The molecule has 0 aliphatic heterocycles. The Morgan fingerprint density at radius 3 is 2.63 bits per heavy atom. The highest BCUT2D eigenvalue weighted by Crippen LogP contribution is 2.33. The van der Waals surface area contributed by atoms with Crippen LogP contribution in [0.25, 0.3) is 0 Å². The summed E-state index contributed by atoms with van der Waals surface area (Å²) in [4.78, 5) is 0. The van der Waals surface area contributed by atoms with Crippen molar-refractivity contribution in [2.24, 2.45) is 16.8 Å². The van der Waals surface area contributed by atoms with Gasteiger partial charge in [-0.2, -0.15) is 13.2 Å². The first kappa shape index (κ1) is 15.4. The highest BCUT2D eigenvalue weighted by Gasteiger charge is 2.30. The third-order valence-electron chi connectivity index (χ3n) is 2.52. The largest absolute Gasteiger partial charge is 0.416 e. The second-order valence-electron chi connectivity index (χ2n) is 4.00. The van der Waals surface area contributed by atoms with Crippen molar-refractivity contribution in [1.82, 2.24) is 0 Å². The molecule has 8 heteroatoms. The Hall–Kier alpha value is -1.63. The summed E-state index contributed by atoms with van der Waals surface area (Å²) in [5.74, 6) is -0.265. The minimum absolute atomic E-state index is 0.0236. The van der Waals surface area contributed by atoms with Crippen LogP contribution in [0.15, 0.2) is 23.4 Å². The highest BCUT2D eigenvalue weighted by atomic mass is 35.5. The molecular weight excluding hydrogens is 283 g/mol. The molecule has 0 aliphatic rings. The van der Waals surface area contributed by atoms with Crippen LogP contribution in [0.2, 0.25) is 5.02 Å². The molecule has 0 aromatic heterocycles. The van der Waals surface area contributed by atoms with Gasteiger partial charge in [0.25, 0.3) is 0 Å². The first-order valence-electron chi connectivity index (χ1n) is 5.33. The molecule has 4 N–H and O–H groups in total. The van der Waals surface area contributed by atoms with Gasteiger partial charge in [-0.25, -0.2) is 0 Å². The average molecular weight is 296 g/mol. The predicted octanol–water partition coefficient (Wildman–Crippen LogP) is 3.15. The highest BCUT2D eigenvalue weighted by molar-refractivity contribution is 6.33. The lowest BCUT2D eigenvalue weighted by Crippen LogP contribution is -2.27. The number of hydrogen-bond acceptors (Lipinski definition) is 3. The number of hydrogen-bond donors (Lipinski definition) is 3. The van der Waals surface area contributed by atoms with Crippen molar-refractivity contribution in [3.63, 3.8) is 0 Å². The summed E-state index contributed by atoms with van der Waals surface area (Å²) >= 11 is 5.76. The van der Waals surface area contributed by atoms with E-state index in [4.69, 9.17) is 22.5 Å². The first-order valence-corrected chi connectivity index (χ1v) is 5.71. The molecule has 19 heavy (non-hydrogen) atoms. The molecule has 1 rings (SSSR count). The van der Waals surface area contributed by atoms with Crippen molar-refractivity contribution in [2.45, 2.75) is 13.1 Å². The van der Waals surface area contributed by atoms with Crippen molar-refractivity contribution in [3.8, 4) is 0 Å². The number of nitrogens with zero attached hydrogens (tertiary/aromatic N) is 1. The Bertz CT molecular complexity index is 477.